The number of rotatable bonds is 6. The maximum Gasteiger partial charge on any atom is 0.193 e. The molecule has 0 aliphatic carbocycles. The van der Waals surface area contributed by atoms with Gasteiger partial charge in [0.1, 0.15) is 0 Å². The Balaban J connectivity index is 0.00000261. The van der Waals surface area contributed by atoms with Crippen molar-refractivity contribution in [3.8, 4) is 0 Å². The fourth-order valence-corrected chi connectivity index (χ4v) is 3.90. The van der Waals surface area contributed by atoms with E-state index in [0.717, 1.165) is 65.0 Å². The molecule has 152 valence electrons. The number of nitrogens with zero attached hydrogens (tertiary/aromatic N) is 3. The first-order valence-electron chi connectivity index (χ1n) is 10.1. The van der Waals surface area contributed by atoms with Crippen LogP contribution in [-0.4, -0.2) is 74.8 Å². The highest BCUT2D eigenvalue weighted by Crippen LogP contribution is 2.26. The average Bonchev–Trinajstić information content (AvgIpc) is 3.17. The first-order chi connectivity index (χ1) is 12.8. The van der Waals surface area contributed by atoms with Crippen molar-refractivity contribution in [1.82, 2.24) is 15.1 Å². The van der Waals surface area contributed by atoms with Crippen molar-refractivity contribution in [3.63, 3.8) is 0 Å². The van der Waals surface area contributed by atoms with Crippen molar-refractivity contribution in [1.29, 1.82) is 0 Å². The number of morpholine rings is 1. The van der Waals surface area contributed by atoms with Gasteiger partial charge in [0.15, 0.2) is 5.96 Å². The van der Waals surface area contributed by atoms with Crippen LogP contribution in [0.2, 0.25) is 0 Å². The van der Waals surface area contributed by atoms with Crippen LogP contribution >= 0.6 is 24.0 Å². The maximum absolute atomic E-state index is 5.44. The standard InChI is InChI=1S/C21H34N4O.HI/c1-3-22-21(23-15-18(2)16-24-11-13-26-14-12-24)25-10-9-20(17-25)19-7-5-4-6-8-19;/h4-8,18,20H,3,9-17H2,1-2H3,(H,22,23);1H. The van der Waals surface area contributed by atoms with E-state index in [1.807, 2.05) is 0 Å². The van der Waals surface area contributed by atoms with E-state index >= 15 is 0 Å². The quantitative estimate of drug-likeness (QED) is 0.382. The van der Waals surface area contributed by atoms with Crippen molar-refractivity contribution < 1.29 is 4.74 Å². The van der Waals surface area contributed by atoms with Gasteiger partial charge in [-0.05, 0) is 24.8 Å². The van der Waals surface area contributed by atoms with Crippen LogP contribution in [0.4, 0.5) is 0 Å². The summed E-state index contributed by atoms with van der Waals surface area (Å²) in [6, 6.07) is 10.9. The number of benzene rings is 1. The summed E-state index contributed by atoms with van der Waals surface area (Å²) in [5.41, 5.74) is 1.45. The number of guanidine groups is 1. The molecule has 27 heavy (non-hydrogen) atoms. The third kappa shape index (κ3) is 6.91. The maximum atomic E-state index is 5.44. The minimum Gasteiger partial charge on any atom is -0.379 e. The predicted octanol–water partition coefficient (Wildman–Crippen LogP) is 3.03. The summed E-state index contributed by atoms with van der Waals surface area (Å²) in [7, 11) is 0. The van der Waals surface area contributed by atoms with Gasteiger partial charge in [0, 0.05) is 51.7 Å². The molecule has 0 spiro atoms. The lowest BCUT2D eigenvalue weighted by Crippen LogP contribution is -2.41. The second-order valence-electron chi connectivity index (χ2n) is 7.56. The Bertz CT molecular complexity index is 563. The lowest BCUT2D eigenvalue weighted by Gasteiger charge is -2.29. The molecule has 2 aliphatic heterocycles. The molecular weight excluding hydrogens is 451 g/mol. The van der Waals surface area contributed by atoms with Gasteiger partial charge in [-0.15, -0.1) is 24.0 Å². The summed E-state index contributed by atoms with van der Waals surface area (Å²) in [5.74, 6) is 2.26. The summed E-state index contributed by atoms with van der Waals surface area (Å²) in [4.78, 5) is 9.89. The Morgan fingerprint density at radius 3 is 2.67 bits per heavy atom. The van der Waals surface area contributed by atoms with Crippen LogP contribution in [0.1, 0.15) is 31.7 Å². The van der Waals surface area contributed by atoms with Gasteiger partial charge in [0.25, 0.3) is 0 Å². The molecule has 0 bridgehead atoms. The molecule has 2 atom stereocenters. The largest absolute Gasteiger partial charge is 0.379 e. The topological polar surface area (TPSA) is 40.1 Å². The van der Waals surface area contributed by atoms with Gasteiger partial charge in [-0.3, -0.25) is 9.89 Å². The molecule has 0 radical (unpaired) electrons. The van der Waals surface area contributed by atoms with Crippen molar-refractivity contribution in [2.75, 3.05) is 59.0 Å². The Morgan fingerprint density at radius 2 is 1.96 bits per heavy atom. The zero-order chi connectivity index (χ0) is 18.2. The molecule has 1 aromatic rings. The van der Waals surface area contributed by atoms with Gasteiger partial charge in [-0.1, -0.05) is 37.3 Å². The molecule has 6 heteroatoms. The van der Waals surface area contributed by atoms with E-state index in [1.54, 1.807) is 0 Å². The van der Waals surface area contributed by atoms with E-state index < -0.39 is 0 Å². The zero-order valence-electron chi connectivity index (χ0n) is 16.8. The van der Waals surface area contributed by atoms with Crippen LogP contribution in [0.3, 0.4) is 0 Å². The molecule has 0 amide bonds. The fourth-order valence-electron chi connectivity index (χ4n) is 3.90. The summed E-state index contributed by atoms with van der Waals surface area (Å²) < 4.78 is 5.44. The van der Waals surface area contributed by atoms with E-state index in [2.05, 4.69) is 59.3 Å². The Morgan fingerprint density at radius 1 is 1.22 bits per heavy atom. The monoisotopic (exact) mass is 486 g/mol. The number of aliphatic imine (C=N–C) groups is 1. The van der Waals surface area contributed by atoms with Crippen molar-refractivity contribution in [2.24, 2.45) is 10.9 Å². The minimum atomic E-state index is 0. The van der Waals surface area contributed by atoms with Crippen LogP contribution < -0.4 is 5.32 Å². The molecule has 2 saturated heterocycles. The highest BCUT2D eigenvalue weighted by molar-refractivity contribution is 14.0. The first kappa shape index (κ1) is 22.4. The molecule has 2 aliphatic rings. The molecule has 2 unspecified atom stereocenters. The van der Waals surface area contributed by atoms with Crippen molar-refractivity contribution >= 4 is 29.9 Å². The number of likely N-dealkylation sites (tertiary alicyclic amines) is 1. The summed E-state index contributed by atoms with van der Waals surface area (Å²) in [6.45, 7) is 13.4. The highest BCUT2D eigenvalue weighted by Gasteiger charge is 2.26. The number of hydrogen-bond acceptors (Lipinski definition) is 3. The normalized spacial score (nSPS) is 22.4. The molecule has 2 heterocycles. The Kier molecular flexibility index (Phi) is 9.86. The molecule has 1 N–H and O–H groups in total. The van der Waals surface area contributed by atoms with Crippen molar-refractivity contribution in [3.05, 3.63) is 35.9 Å². The number of ether oxygens (including phenoxy) is 1. The smallest absolute Gasteiger partial charge is 0.193 e. The molecule has 0 aromatic heterocycles. The second-order valence-corrected chi connectivity index (χ2v) is 7.56. The van der Waals surface area contributed by atoms with Gasteiger partial charge < -0.3 is 15.0 Å². The average molecular weight is 486 g/mol. The fraction of sp³-hybridized carbons (Fsp3) is 0.667. The van der Waals surface area contributed by atoms with Crippen LogP contribution in [-0.2, 0) is 4.74 Å². The first-order valence-corrected chi connectivity index (χ1v) is 10.1. The molecule has 0 saturated carbocycles. The van der Waals surface area contributed by atoms with E-state index in [9.17, 15) is 0 Å². The van der Waals surface area contributed by atoms with Gasteiger partial charge in [-0.25, -0.2) is 0 Å². The molecule has 1 aromatic carbocycles. The van der Waals surface area contributed by atoms with Gasteiger partial charge >= 0.3 is 0 Å². The minimum absolute atomic E-state index is 0. The SMILES string of the molecule is CCNC(=NCC(C)CN1CCOCC1)N1CCC(c2ccccc2)C1.I. The van der Waals surface area contributed by atoms with Gasteiger partial charge in [0.05, 0.1) is 13.2 Å². The number of hydrogen-bond donors (Lipinski definition) is 1. The van der Waals surface area contributed by atoms with Crippen LogP contribution in [0.25, 0.3) is 0 Å². The van der Waals surface area contributed by atoms with E-state index in [4.69, 9.17) is 9.73 Å². The third-order valence-electron chi connectivity index (χ3n) is 5.32. The van der Waals surface area contributed by atoms with Gasteiger partial charge in [0.2, 0.25) is 0 Å². The molecular formula is C21H35IN4O. The number of nitrogens with one attached hydrogen (secondary N) is 1. The van der Waals surface area contributed by atoms with Crippen LogP contribution in [0, 0.1) is 5.92 Å². The number of halogens is 1. The molecule has 2 fully saturated rings. The predicted molar refractivity (Wildman–Crippen MR) is 123 cm³/mol. The van der Waals surface area contributed by atoms with Crippen LogP contribution in [0.5, 0.6) is 0 Å². The summed E-state index contributed by atoms with van der Waals surface area (Å²) >= 11 is 0. The van der Waals surface area contributed by atoms with Crippen molar-refractivity contribution in [2.45, 2.75) is 26.2 Å². The van der Waals surface area contributed by atoms with Crippen LogP contribution in [0.15, 0.2) is 35.3 Å². The lowest BCUT2D eigenvalue weighted by atomic mass is 9.99. The summed E-state index contributed by atoms with van der Waals surface area (Å²) in [6.07, 6.45) is 1.21. The molecule has 3 rings (SSSR count). The zero-order valence-corrected chi connectivity index (χ0v) is 19.1. The van der Waals surface area contributed by atoms with E-state index in [1.165, 1.54) is 12.0 Å². The molecule has 5 nitrogen and oxygen atoms in total. The van der Waals surface area contributed by atoms with Gasteiger partial charge in [-0.2, -0.15) is 0 Å². The highest BCUT2D eigenvalue weighted by atomic mass is 127. The lowest BCUT2D eigenvalue weighted by molar-refractivity contribution is 0.0323. The Hall–Kier alpha value is -0.860. The van der Waals surface area contributed by atoms with E-state index in [0.29, 0.717) is 11.8 Å². The Labute approximate surface area is 181 Å². The summed E-state index contributed by atoms with van der Waals surface area (Å²) in [5, 5.41) is 3.50. The van der Waals surface area contributed by atoms with E-state index in [-0.39, 0.29) is 24.0 Å². The second kappa shape index (κ2) is 11.9. The third-order valence-corrected chi connectivity index (χ3v) is 5.32.